The predicted octanol–water partition coefficient (Wildman–Crippen LogP) is 5.20. The van der Waals surface area contributed by atoms with Crippen molar-refractivity contribution in [3.8, 4) is 10.6 Å². The molecule has 1 unspecified atom stereocenters. The normalized spacial score (nSPS) is 12.2. The average molecular weight is 361 g/mol. The summed E-state index contributed by atoms with van der Waals surface area (Å²) in [5, 5.41) is 5.16. The zero-order valence-corrected chi connectivity index (χ0v) is 15.2. The second-order valence-corrected chi connectivity index (χ2v) is 7.02. The Morgan fingerprint density at radius 1 is 1.12 bits per heavy atom. The minimum atomic E-state index is -0.193. The highest BCUT2D eigenvalue weighted by Crippen LogP contribution is 2.33. The number of amides is 1. The summed E-state index contributed by atoms with van der Waals surface area (Å²) >= 11 is 1.62. The number of fused-ring (bicyclic) bond motifs is 1. The standard InChI is InChI=1S/C21H19N3OS/c1-2-16(15-9-4-3-5-10-15)21(25)23-20-19(17-11-8-14-26-17)22-18-12-6-7-13-24(18)20/h3-14,16H,2H2,1H3,(H,23,25). The molecule has 3 aromatic heterocycles. The second kappa shape index (κ2) is 7.14. The van der Waals surface area contributed by atoms with Crippen LogP contribution in [0, 0.1) is 0 Å². The number of carbonyl (C=O) groups is 1. The number of pyridine rings is 1. The van der Waals surface area contributed by atoms with Gasteiger partial charge in [0.15, 0.2) is 0 Å². The van der Waals surface area contributed by atoms with Crippen molar-refractivity contribution < 1.29 is 4.79 Å². The van der Waals surface area contributed by atoms with E-state index >= 15 is 0 Å². The monoisotopic (exact) mass is 361 g/mol. The Morgan fingerprint density at radius 2 is 1.92 bits per heavy atom. The Morgan fingerprint density at radius 3 is 2.65 bits per heavy atom. The van der Waals surface area contributed by atoms with Gasteiger partial charge in [0.25, 0.3) is 0 Å². The van der Waals surface area contributed by atoms with Crippen LogP contribution in [0.25, 0.3) is 16.2 Å². The molecule has 0 aliphatic heterocycles. The van der Waals surface area contributed by atoms with E-state index in [1.807, 2.05) is 83.6 Å². The van der Waals surface area contributed by atoms with Gasteiger partial charge in [0.05, 0.1) is 10.8 Å². The summed E-state index contributed by atoms with van der Waals surface area (Å²) in [5.41, 5.74) is 2.65. The van der Waals surface area contributed by atoms with Crippen LogP contribution in [0.4, 0.5) is 5.82 Å². The van der Waals surface area contributed by atoms with Crippen LogP contribution < -0.4 is 5.32 Å². The van der Waals surface area contributed by atoms with Crippen molar-refractivity contribution in [2.24, 2.45) is 0 Å². The Balaban J connectivity index is 1.74. The molecule has 1 aromatic carbocycles. The van der Waals surface area contributed by atoms with Crippen molar-refractivity contribution in [2.45, 2.75) is 19.3 Å². The summed E-state index contributed by atoms with van der Waals surface area (Å²) in [6.07, 6.45) is 2.67. The number of nitrogens with one attached hydrogen (secondary N) is 1. The summed E-state index contributed by atoms with van der Waals surface area (Å²) in [7, 11) is 0. The fourth-order valence-electron chi connectivity index (χ4n) is 3.16. The molecular formula is C21H19N3OS. The molecule has 26 heavy (non-hydrogen) atoms. The Labute approximate surface area is 156 Å². The Bertz CT molecular complexity index is 1020. The first-order valence-corrected chi connectivity index (χ1v) is 9.52. The summed E-state index contributed by atoms with van der Waals surface area (Å²) in [4.78, 5) is 18.8. The minimum absolute atomic E-state index is 0.0119. The van der Waals surface area contributed by atoms with Crippen molar-refractivity contribution in [3.63, 3.8) is 0 Å². The molecule has 130 valence electrons. The van der Waals surface area contributed by atoms with E-state index in [-0.39, 0.29) is 11.8 Å². The van der Waals surface area contributed by atoms with Gasteiger partial charge in [0.1, 0.15) is 17.2 Å². The molecule has 5 heteroatoms. The first kappa shape index (κ1) is 16.5. The molecule has 3 heterocycles. The molecule has 4 nitrogen and oxygen atoms in total. The van der Waals surface area contributed by atoms with Crippen LogP contribution in [0.1, 0.15) is 24.8 Å². The number of rotatable bonds is 5. The molecule has 0 spiro atoms. The SMILES string of the molecule is CCC(C(=O)Nc1c(-c2cccs2)nc2ccccn12)c1ccccc1. The van der Waals surface area contributed by atoms with Crippen molar-refractivity contribution in [1.82, 2.24) is 9.38 Å². The van der Waals surface area contributed by atoms with E-state index in [4.69, 9.17) is 4.98 Å². The quantitative estimate of drug-likeness (QED) is 0.531. The van der Waals surface area contributed by atoms with Gasteiger partial charge in [0.2, 0.25) is 5.91 Å². The number of carbonyl (C=O) groups excluding carboxylic acids is 1. The summed E-state index contributed by atoms with van der Waals surface area (Å²) in [6, 6.07) is 19.8. The van der Waals surface area contributed by atoms with Gasteiger partial charge in [-0.1, -0.05) is 49.4 Å². The number of benzene rings is 1. The van der Waals surface area contributed by atoms with Crippen LogP contribution in [0.2, 0.25) is 0 Å². The van der Waals surface area contributed by atoms with Crippen LogP contribution in [-0.4, -0.2) is 15.3 Å². The molecule has 4 aromatic rings. The zero-order chi connectivity index (χ0) is 17.9. The van der Waals surface area contributed by atoms with E-state index in [1.165, 1.54) is 0 Å². The zero-order valence-electron chi connectivity index (χ0n) is 14.4. The third-order valence-corrected chi connectivity index (χ3v) is 5.33. The lowest BCUT2D eigenvalue weighted by molar-refractivity contribution is -0.117. The molecule has 0 saturated heterocycles. The minimum Gasteiger partial charge on any atom is -0.309 e. The fraction of sp³-hybridized carbons (Fsp3) is 0.143. The van der Waals surface area contributed by atoms with Gasteiger partial charge in [-0.2, -0.15) is 0 Å². The number of hydrogen-bond donors (Lipinski definition) is 1. The van der Waals surface area contributed by atoms with Crippen LogP contribution in [-0.2, 0) is 4.79 Å². The summed E-state index contributed by atoms with van der Waals surface area (Å²) in [6.45, 7) is 2.03. The fourth-order valence-corrected chi connectivity index (χ4v) is 3.88. The van der Waals surface area contributed by atoms with Gasteiger partial charge in [0, 0.05) is 6.20 Å². The van der Waals surface area contributed by atoms with Gasteiger partial charge < -0.3 is 5.32 Å². The molecular weight excluding hydrogens is 342 g/mol. The highest BCUT2D eigenvalue weighted by atomic mass is 32.1. The van der Waals surface area contributed by atoms with Crippen molar-refractivity contribution in [3.05, 3.63) is 77.8 Å². The Kier molecular flexibility index (Phi) is 4.54. The average Bonchev–Trinajstić information content (AvgIpc) is 3.32. The van der Waals surface area contributed by atoms with Gasteiger partial charge in [-0.15, -0.1) is 11.3 Å². The third kappa shape index (κ3) is 3.02. The number of anilines is 1. The molecule has 0 aliphatic carbocycles. The molecule has 1 amide bonds. The van der Waals surface area contributed by atoms with E-state index in [2.05, 4.69) is 5.32 Å². The lowest BCUT2D eigenvalue weighted by Crippen LogP contribution is -2.21. The number of aromatic nitrogens is 2. The lowest BCUT2D eigenvalue weighted by atomic mass is 9.96. The molecule has 0 saturated carbocycles. The van der Waals surface area contributed by atoms with Crippen LogP contribution in [0.3, 0.4) is 0 Å². The van der Waals surface area contributed by atoms with E-state index < -0.39 is 0 Å². The highest BCUT2D eigenvalue weighted by Gasteiger charge is 2.22. The lowest BCUT2D eigenvalue weighted by Gasteiger charge is -2.16. The van der Waals surface area contributed by atoms with Gasteiger partial charge >= 0.3 is 0 Å². The second-order valence-electron chi connectivity index (χ2n) is 6.08. The topological polar surface area (TPSA) is 46.4 Å². The largest absolute Gasteiger partial charge is 0.309 e. The van der Waals surface area contributed by atoms with Crippen LogP contribution in [0.15, 0.2) is 72.2 Å². The van der Waals surface area contributed by atoms with Gasteiger partial charge in [-0.25, -0.2) is 4.98 Å². The summed E-state index contributed by atoms with van der Waals surface area (Å²) in [5.74, 6) is 0.520. The Hall–Kier alpha value is -2.92. The highest BCUT2D eigenvalue weighted by molar-refractivity contribution is 7.13. The molecule has 1 N–H and O–H groups in total. The molecule has 4 rings (SSSR count). The maximum atomic E-state index is 13.1. The maximum Gasteiger partial charge on any atom is 0.233 e. The number of nitrogens with zero attached hydrogens (tertiary/aromatic N) is 2. The first-order valence-electron chi connectivity index (χ1n) is 8.64. The number of thiophene rings is 1. The van der Waals surface area contributed by atoms with Gasteiger partial charge in [-0.3, -0.25) is 9.20 Å². The van der Waals surface area contributed by atoms with E-state index in [1.54, 1.807) is 11.3 Å². The number of imidazole rings is 1. The van der Waals surface area contributed by atoms with Crippen molar-refractivity contribution >= 4 is 28.7 Å². The molecule has 0 bridgehead atoms. The van der Waals surface area contributed by atoms with Crippen LogP contribution >= 0.6 is 11.3 Å². The number of hydrogen-bond acceptors (Lipinski definition) is 3. The molecule has 1 atom stereocenters. The van der Waals surface area contributed by atoms with E-state index in [0.29, 0.717) is 0 Å². The molecule has 0 aliphatic rings. The van der Waals surface area contributed by atoms with Gasteiger partial charge in [-0.05, 0) is 35.6 Å². The van der Waals surface area contributed by atoms with Crippen molar-refractivity contribution in [2.75, 3.05) is 5.32 Å². The predicted molar refractivity (Wildman–Crippen MR) is 107 cm³/mol. The first-order chi connectivity index (χ1) is 12.8. The smallest absolute Gasteiger partial charge is 0.233 e. The maximum absolute atomic E-state index is 13.1. The van der Waals surface area contributed by atoms with Crippen LogP contribution in [0.5, 0.6) is 0 Å². The summed E-state index contributed by atoms with van der Waals surface area (Å²) < 4.78 is 1.94. The van der Waals surface area contributed by atoms with E-state index in [9.17, 15) is 4.79 Å². The molecule has 0 fully saturated rings. The van der Waals surface area contributed by atoms with E-state index in [0.717, 1.165) is 34.0 Å². The van der Waals surface area contributed by atoms with Crippen molar-refractivity contribution in [1.29, 1.82) is 0 Å². The molecule has 0 radical (unpaired) electrons. The third-order valence-electron chi connectivity index (χ3n) is 4.45.